The van der Waals surface area contributed by atoms with Gasteiger partial charge in [0.05, 0.1) is 12.7 Å². The Morgan fingerprint density at radius 1 is 1.27 bits per heavy atom. The zero-order valence-electron chi connectivity index (χ0n) is 14.8. The first-order valence-corrected chi connectivity index (χ1v) is 9.91. The minimum absolute atomic E-state index is 0.0645. The van der Waals surface area contributed by atoms with Crippen LogP contribution in [0.3, 0.4) is 0 Å². The van der Waals surface area contributed by atoms with Gasteiger partial charge >= 0.3 is 0 Å². The summed E-state index contributed by atoms with van der Waals surface area (Å²) in [5.74, 6) is 1.24. The second-order valence-corrected chi connectivity index (χ2v) is 7.60. The topological polar surface area (TPSA) is 63.7 Å². The van der Waals surface area contributed by atoms with Crippen molar-refractivity contribution in [2.45, 2.75) is 37.8 Å². The SMILES string of the molecule is COc1ccc(C(=O)NC2CC2)c(OC2CCN(c3nccs3)CC2)c1. The summed E-state index contributed by atoms with van der Waals surface area (Å²) in [4.78, 5) is 19.2. The largest absolute Gasteiger partial charge is 0.497 e. The number of carbonyl (C=O) groups is 1. The van der Waals surface area contributed by atoms with Gasteiger partial charge in [-0.3, -0.25) is 4.79 Å². The van der Waals surface area contributed by atoms with Crippen molar-refractivity contribution in [3.63, 3.8) is 0 Å². The molecule has 2 heterocycles. The molecular weight excluding hydrogens is 350 g/mol. The van der Waals surface area contributed by atoms with Crippen molar-refractivity contribution in [1.29, 1.82) is 0 Å². The van der Waals surface area contributed by atoms with E-state index in [1.54, 1.807) is 30.6 Å². The van der Waals surface area contributed by atoms with Crippen LogP contribution in [0.25, 0.3) is 0 Å². The first-order chi connectivity index (χ1) is 12.7. The fourth-order valence-electron chi connectivity index (χ4n) is 3.12. The molecule has 4 rings (SSSR count). The van der Waals surface area contributed by atoms with Crippen LogP contribution in [0.1, 0.15) is 36.0 Å². The number of ether oxygens (including phenoxy) is 2. The summed E-state index contributed by atoms with van der Waals surface area (Å²) in [5, 5.41) is 6.10. The van der Waals surface area contributed by atoms with Crippen molar-refractivity contribution < 1.29 is 14.3 Å². The van der Waals surface area contributed by atoms with Gasteiger partial charge in [0.15, 0.2) is 5.13 Å². The third-order valence-corrected chi connectivity index (χ3v) is 5.60. The highest BCUT2D eigenvalue weighted by molar-refractivity contribution is 7.13. The molecule has 0 spiro atoms. The van der Waals surface area contributed by atoms with Gasteiger partial charge in [0.2, 0.25) is 0 Å². The molecule has 2 aromatic rings. The van der Waals surface area contributed by atoms with E-state index in [0.29, 0.717) is 23.1 Å². The number of benzene rings is 1. The van der Waals surface area contributed by atoms with Crippen LogP contribution in [0.15, 0.2) is 29.8 Å². The van der Waals surface area contributed by atoms with E-state index in [4.69, 9.17) is 9.47 Å². The van der Waals surface area contributed by atoms with Crippen molar-refractivity contribution in [3.05, 3.63) is 35.3 Å². The Balaban J connectivity index is 1.44. The zero-order valence-corrected chi connectivity index (χ0v) is 15.6. The first-order valence-electron chi connectivity index (χ1n) is 9.03. The number of thiazole rings is 1. The Kier molecular flexibility index (Phi) is 4.97. The van der Waals surface area contributed by atoms with Gasteiger partial charge in [0.1, 0.15) is 17.6 Å². The lowest BCUT2D eigenvalue weighted by atomic mass is 10.1. The lowest BCUT2D eigenvalue weighted by molar-refractivity contribution is 0.0941. The molecule has 0 atom stereocenters. The molecule has 138 valence electrons. The molecule has 2 fully saturated rings. The van der Waals surface area contributed by atoms with Gasteiger partial charge in [-0.05, 0) is 25.0 Å². The Morgan fingerprint density at radius 2 is 2.08 bits per heavy atom. The van der Waals surface area contributed by atoms with Crippen LogP contribution in [0.4, 0.5) is 5.13 Å². The van der Waals surface area contributed by atoms with Gasteiger partial charge < -0.3 is 19.7 Å². The average molecular weight is 373 g/mol. The van der Waals surface area contributed by atoms with Crippen LogP contribution in [0.5, 0.6) is 11.5 Å². The molecule has 1 N–H and O–H groups in total. The lowest BCUT2D eigenvalue weighted by Crippen LogP contribution is -2.38. The minimum atomic E-state index is -0.0645. The Morgan fingerprint density at radius 3 is 2.73 bits per heavy atom. The third-order valence-electron chi connectivity index (χ3n) is 4.77. The van der Waals surface area contributed by atoms with Gasteiger partial charge in [-0.25, -0.2) is 4.98 Å². The number of rotatable bonds is 6. The van der Waals surface area contributed by atoms with E-state index in [0.717, 1.165) is 43.9 Å². The number of anilines is 1. The smallest absolute Gasteiger partial charge is 0.255 e. The maximum atomic E-state index is 12.5. The Hall–Kier alpha value is -2.28. The first kappa shape index (κ1) is 17.1. The molecule has 1 aromatic carbocycles. The maximum absolute atomic E-state index is 12.5. The van der Waals surface area contributed by atoms with Crippen LogP contribution in [0.2, 0.25) is 0 Å². The number of piperidine rings is 1. The van der Waals surface area contributed by atoms with Gasteiger partial charge in [-0.15, -0.1) is 11.3 Å². The molecule has 26 heavy (non-hydrogen) atoms. The van der Waals surface area contributed by atoms with Crippen LogP contribution < -0.4 is 19.7 Å². The fraction of sp³-hybridized carbons (Fsp3) is 0.474. The highest BCUT2D eigenvalue weighted by Gasteiger charge is 2.27. The summed E-state index contributed by atoms with van der Waals surface area (Å²) in [6.45, 7) is 1.82. The molecule has 1 amide bonds. The van der Waals surface area contributed by atoms with Crippen molar-refractivity contribution in [2.24, 2.45) is 0 Å². The number of amides is 1. The van der Waals surface area contributed by atoms with Gasteiger partial charge in [0.25, 0.3) is 5.91 Å². The van der Waals surface area contributed by atoms with Gasteiger partial charge in [-0.1, -0.05) is 0 Å². The van der Waals surface area contributed by atoms with E-state index in [-0.39, 0.29) is 12.0 Å². The summed E-state index contributed by atoms with van der Waals surface area (Å²) < 4.78 is 11.5. The molecule has 1 aliphatic heterocycles. The molecule has 2 aliphatic rings. The molecule has 1 saturated heterocycles. The predicted octanol–water partition coefficient (Wildman–Crippen LogP) is 3.09. The molecule has 0 bridgehead atoms. The third kappa shape index (κ3) is 3.93. The van der Waals surface area contributed by atoms with E-state index < -0.39 is 0 Å². The lowest BCUT2D eigenvalue weighted by Gasteiger charge is -2.32. The Bertz CT molecular complexity index is 753. The van der Waals surface area contributed by atoms with E-state index in [9.17, 15) is 4.79 Å². The van der Waals surface area contributed by atoms with E-state index in [1.165, 1.54) is 0 Å². The highest BCUT2D eigenvalue weighted by atomic mass is 32.1. The van der Waals surface area contributed by atoms with Crippen molar-refractivity contribution >= 4 is 22.4 Å². The number of nitrogens with zero attached hydrogens (tertiary/aromatic N) is 2. The number of aromatic nitrogens is 1. The van der Waals surface area contributed by atoms with Crippen molar-refractivity contribution in [3.8, 4) is 11.5 Å². The quantitative estimate of drug-likeness (QED) is 0.843. The molecule has 7 heteroatoms. The predicted molar refractivity (Wildman–Crippen MR) is 101 cm³/mol. The summed E-state index contributed by atoms with van der Waals surface area (Å²) in [6, 6.07) is 5.73. The van der Waals surface area contributed by atoms with Gasteiger partial charge in [-0.2, -0.15) is 0 Å². The minimum Gasteiger partial charge on any atom is -0.497 e. The summed E-state index contributed by atoms with van der Waals surface area (Å²) in [6.07, 6.45) is 5.86. The Labute approximate surface area is 157 Å². The van der Waals surface area contributed by atoms with Crippen molar-refractivity contribution in [1.82, 2.24) is 10.3 Å². The number of hydrogen-bond acceptors (Lipinski definition) is 6. The second-order valence-electron chi connectivity index (χ2n) is 6.73. The standard InChI is InChI=1S/C19H23N3O3S/c1-24-15-4-5-16(18(23)21-13-2-3-13)17(12-15)25-14-6-9-22(10-7-14)19-20-8-11-26-19/h4-5,8,11-14H,2-3,6-7,9-10H2,1H3,(H,21,23). The summed E-state index contributed by atoms with van der Waals surface area (Å²) in [5.41, 5.74) is 0.583. The van der Waals surface area contributed by atoms with Crippen LogP contribution >= 0.6 is 11.3 Å². The highest BCUT2D eigenvalue weighted by Crippen LogP contribution is 2.30. The van der Waals surface area contributed by atoms with E-state index in [1.807, 2.05) is 17.6 Å². The number of nitrogens with one attached hydrogen (secondary N) is 1. The zero-order chi connectivity index (χ0) is 17.9. The second kappa shape index (κ2) is 7.53. The van der Waals surface area contributed by atoms with E-state index >= 15 is 0 Å². The molecule has 1 aliphatic carbocycles. The van der Waals surface area contributed by atoms with E-state index in [2.05, 4.69) is 15.2 Å². The average Bonchev–Trinajstić information content (AvgIpc) is 3.31. The number of carbonyl (C=O) groups excluding carboxylic acids is 1. The molecule has 1 aromatic heterocycles. The van der Waals surface area contributed by atoms with Crippen LogP contribution in [-0.4, -0.2) is 43.2 Å². The summed E-state index contributed by atoms with van der Waals surface area (Å²) >= 11 is 1.66. The fourth-order valence-corrected chi connectivity index (χ4v) is 3.82. The normalized spacial score (nSPS) is 17.8. The molecule has 6 nitrogen and oxygen atoms in total. The molecular formula is C19H23N3O3S. The monoisotopic (exact) mass is 373 g/mol. The van der Waals surface area contributed by atoms with Crippen molar-refractivity contribution in [2.75, 3.05) is 25.1 Å². The van der Waals surface area contributed by atoms with Crippen LogP contribution in [0, 0.1) is 0 Å². The summed E-state index contributed by atoms with van der Waals surface area (Å²) in [7, 11) is 1.62. The van der Waals surface area contributed by atoms with Crippen LogP contribution in [-0.2, 0) is 0 Å². The number of methoxy groups -OCH3 is 1. The van der Waals surface area contributed by atoms with Gasteiger partial charge in [0, 0.05) is 49.6 Å². The molecule has 1 saturated carbocycles. The number of hydrogen-bond donors (Lipinski definition) is 1. The molecule has 0 unspecified atom stereocenters. The maximum Gasteiger partial charge on any atom is 0.255 e. The molecule has 0 radical (unpaired) electrons.